The smallest absolute Gasteiger partial charge is 0.284 e. The lowest BCUT2D eigenvalue weighted by molar-refractivity contribution is -0.387. The molecular weight excluding hydrogens is 324 g/mol. The highest BCUT2D eigenvalue weighted by molar-refractivity contribution is 8.03. The van der Waals surface area contributed by atoms with Gasteiger partial charge >= 0.3 is 0 Å². The van der Waals surface area contributed by atoms with E-state index in [1.165, 1.54) is 6.07 Å². The number of hydrogen-bond acceptors (Lipinski definition) is 5. The van der Waals surface area contributed by atoms with E-state index in [9.17, 15) is 10.1 Å². The van der Waals surface area contributed by atoms with Crippen LogP contribution in [0, 0.1) is 20.8 Å². The maximum absolute atomic E-state index is 11.0. The van der Waals surface area contributed by atoms with Crippen LogP contribution in [0.2, 0.25) is 5.02 Å². The number of rotatable bonds is 3. The molecule has 22 heavy (non-hydrogen) atoms. The zero-order chi connectivity index (χ0) is 15.7. The summed E-state index contributed by atoms with van der Waals surface area (Å²) in [6.07, 6.45) is 1.61. The summed E-state index contributed by atoms with van der Waals surface area (Å²) in [6, 6.07) is 9.89. The first-order valence-electron chi connectivity index (χ1n) is 6.07. The van der Waals surface area contributed by atoms with E-state index in [1.54, 1.807) is 41.2 Å². The molecule has 0 N–H and O–H groups in total. The highest BCUT2D eigenvalue weighted by Crippen LogP contribution is 2.31. The van der Waals surface area contributed by atoms with Crippen molar-refractivity contribution in [2.45, 2.75) is 4.90 Å². The van der Waals surface area contributed by atoms with Gasteiger partial charge in [0, 0.05) is 16.8 Å². The lowest BCUT2D eigenvalue weighted by Gasteiger charge is -2.06. The maximum atomic E-state index is 11.0. The average molecular weight is 331 g/mol. The van der Waals surface area contributed by atoms with Gasteiger partial charge in [0.15, 0.2) is 0 Å². The second-order valence-electron chi connectivity index (χ2n) is 4.35. The molecule has 0 aliphatic heterocycles. The van der Waals surface area contributed by atoms with Crippen LogP contribution in [0.4, 0.5) is 5.69 Å². The fourth-order valence-electron chi connectivity index (χ4n) is 2.12. The second-order valence-corrected chi connectivity index (χ2v) is 5.61. The molecule has 1 heterocycles. The van der Waals surface area contributed by atoms with Gasteiger partial charge in [-0.25, -0.2) is 4.98 Å². The van der Waals surface area contributed by atoms with E-state index < -0.39 is 4.92 Å². The molecular formula is C14H7ClN4O2S. The molecule has 0 saturated carbocycles. The SMILES string of the molecule is N#CSc1cc(-n2cnc3ccc(Cl)cc32)ccc1[N+](=O)[O-]. The Hall–Kier alpha value is -2.56. The van der Waals surface area contributed by atoms with Crippen LogP contribution in [-0.2, 0) is 0 Å². The lowest BCUT2D eigenvalue weighted by Crippen LogP contribution is -1.96. The number of nitro groups is 1. The summed E-state index contributed by atoms with van der Waals surface area (Å²) in [5.41, 5.74) is 2.12. The molecule has 0 aliphatic rings. The Labute approximate surface area is 134 Å². The molecule has 0 saturated heterocycles. The molecule has 0 spiro atoms. The fraction of sp³-hybridized carbons (Fsp3) is 0. The molecule has 0 bridgehead atoms. The van der Waals surface area contributed by atoms with Crippen LogP contribution in [0.1, 0.15) is 0 Å². The Kier molecular flexibility index (Phi) is 3.71. The molecule has 1 aromatic heterocycles. The van der Waals surface area contributed by atoms with Gasteiger partial charge in [-0.2, -0.15) is 5.26 Å². The number of thiocyanates is 1. The number of benzene rings is 2. The second kappa shape index (κ2) is 5.67. The van der Waals surface area contributed by atoms with Gasteiger partial charge in [0.2, 0.25) is 0 Å². The molecule has 0 atom stereocenters. The first-order valence-corrected chi connectivity index (χ1v) is 7.27. The molecule has 6 nitrogen and oxygen atoms in total. The zero-order valence-electron chi connectivity index (χ0n) is 10.9. The average Bonchev–Trinajstić information content (AvgIpc) is 2.90. The molecule has 0 radical (unpaired) electrons. The number of nitriles is 1. The summed E-state index contributed by atoms with van der Waals surface area (Å²) in [6.45, 7) is 0. The predicted molar refractivity (Wildman–Crippen MR) is 84.2 cm³/mol. The van der Waals surface area contributed by atoms with Crippen molar-refractivity contribution in [1.29, 1.82) is 5.26 Å². The third kappa shape index (κ3) is 2.50. The number of imidazole rings is 1. The van der Waals surface area contributed by atoms with Gasteiger partial charge in [-0.05, 0) is 42.1 Å². The minimum Gasteiger partial charge on any atom is -0.299 e. The summed E-state index contributed by atoms with van der Waals surface area (Å²) in [5.74, 6) is 0. The standard InChI is InChI=1S/C14H7ClN4O2S/c15-9-1-3-11-13(5-9)18(8-17-11)10-2-4-12(19(20)21)14(6-10)22-7-16/h1-6,8H. The largest absolute Gasteiger partial charge is 0.299 e. The first kappa shape index (κ1) is 14.4. The maximum Gasteiger partial charge on any atom is 0.284 e. The number of halogens is 1. The fourth-order valence-corrected chi connectivity index (χ4v) is 2.81. The van der Waals surface area contributed by atoms with E-state index in [0.29, 0.717) is 10.7 Å². The van der Waals surface area contributed by atoms with Crippen LogP contribution >= 0.6 is 23.4 Å². The monoisotopic (exact) mass is 330 g/mol. The van der Waals surface area contributed by atoms with E-state index in [4.69, 9.17) is 16.9 Å². The van der Waals surface area contributed by atoms with Gasteiger partial charge in [0.25, 0.3) is 5.69 Å². The molecule has 8 heteroatoms. The van der Waals surface area contributed by atoms with Gasteiger partial charge < -0.3 is 0 Å². The van der Waals surface area contributed by atoms with Crippen molar-refractivity contribution < 1.29 is 4.92 Å². The number of nitro benzene ring substituents is 1. The normalized spacial score (nSPS) is 10.5. The van der Waals surface area contributed by atoms with Crippen molar-refractivity contribution in [1.82, 2.24) is 9.55 Å². The number of nitrogens with zero attached hydrogens (tertiary/aromatic N) is 4. The summed E-state index contributed by atoms with van der Waals surface area (Å²) < 4.78 is 1.77. The lowest BCUT2D eigenvalue weighted by atomic mass is 10.2. The molecule has 0 unspecified atom stereocenters. The van der Waals surface area contributed by atoms with Crippen molar-refractivity contribution >= 4 is 40.1 Å². The highest BCUT2D eigenvalue weighted by atomic mass is 35.5. The van der Waals surface area contributed by atoms with Crippen LogP contribution in [0.25, 0.3) is 16.7 Å². The summed E-state index contributed by atoms with van der Waals surface area (Å²) in [7, 11) is 0. The van der Waals surface area contributed by atoms with E-state index in [1.807, 2.05) is 5.40 Å². The van der Waals surface area contributed by atoms with Crippen molar-refractivity contribution in [3.63, 3.8) is 0 Å². The molecule has 0 fully saturated rings. The predicted octanol–water partition coefficient (Wildman–Crippen LogP) is 4.16. The first-order chi connectivity index (χ1) is 10.6. The van der Waals surface area contributed by atoms with Crippen LogP contribution in [0.3, 0.4) is 0 Å². The Bertz CT molecular complexity index is 932. The zero-order valence-corrected chi connectivity index (χ0v) is 12.5. The van der Waals surface area contributed by atoms with Crippen LogP contribution in [0.5, 0.6) is 0 Å². The summed E-state index contributed by atoms with van der Waals surface area (Å²) >= 11 is 6.76. The number of fused-ring (bicyclic) bond motifs is 1. The third-order valence-corrected chi connectivity index (χ3v) is 3.96. The molecule has 2 aromatic carbocycles. The minimum atomic E-state index is -0.508. The van der Waals surface area contributed by atoms with Crippen LogP contribution in [0.15, 0.2) is 47.6 Å². The van der Waals surface area contributed by atoms with Gasteiger partial charge in [0.05, 0.1) is 16.0 Å². The molecule has 3 rings (SSSR count). The van der Waals surface area contributed by atoms with Crippen molar-refractivity contribution in [2.75, 3.05) is 0 Å². The van der Waals surface area contributed by atoms with E-state index in [-0.39, 0.29) is 10.6 Å². The number of thioether (sulfide) groups is 1. The van der Waals surface area contributed by atoms with Gasteiger partial charge in [-0.15, -0.1) is 0 Å². The Balaban J connectivity index is 2.18. The van der Waals surface area contributed by atoms with Crippen LogP contribution < -0.4 is 0 Å². The number of hydrogen-bond donors (Lipinski definition) is 0. The quantitative estimate of drug-likeness (QED) is 0.311. The van der Waals surface area contributed by atoms with Gasteiger partial charge in [0.1, 0.15) is 16.6 Å². The van der Waals surface area contributed by atoms with Gasteiger partial charge in [-0.3, -0.25) is 14.7 Å². The molecule has 0 amide bonds. The molecule has 0 aliphatic carbocycles. The van der Waals surface area contributed by atoms with Crippen LogP contribution in [-0.4, -0.2) is 14.5 Å². The summed E-state index contributed by atoms with van der Waals surface area (Å²) in [5, 5.41) is 22.2. The Morgan fingerprint density at radius 3 is 2.86 bits per heavy atom. The topological polar surface area (TPSA) is 84.8 Å². The highest BCUT2D eigenvalue weighted by Gasteiger charge is 2.16. The molecule has 108 valence electrons. The van der Waals surface area contributed by atoms with Crippen molar-refractivity contribution in [3.8, 4) is 11.1 Å². The third-order valence-electron chi connectivity index (χ3n) is 3.08. The van der Waals surface area contributed by atoms with E-state index in [0.717, 1.165) is 22.8 Å². The minimum absolute atomic E-state index is 0.0993. The Morgan fingerprint density at radius 1 is 1.32 bits per heavy atom. The molecule has 3 aromatic rings. The van der Waals surface area contributed by atoms with Crippen molar-refractivity contribution in [3.05, 3.63) is 57.9 Å². The Morgan fingerprint density at radius 2 is 2.14 bits per heavy atom. The van der Waals surface area contributed by atoms with E-state index >= 15 is 0 Å². The number of aromatic nitrogens is 2. The summed E-state index contributed by atoms with van der Waals surface area (Å²) in [4.78, 5) is 15.0. The van der Waals surface area contributed by atoms with Gasteiger partial charge in [-0.1, -0.05) is 11.6 Å². The van der Waals surface area contributed by atoms with Crippen molar-refractivity contribution in [2.24, 2.45) is 0 Å². The van der Waals surface area contributed by atoms with E-state index in [2.05, 4.69) is 4.98 Å².